The Labute approximate surface area is 146 Å². The fourth-order valence-electron chi connectivity index (χ4n) is 3.77. The van der Waals surface area contributed by atoms with Gasteiger partial charge in [0.05, 0.1) is 17.0 Å². The zero-order chi connectivity index (χ0) is 17.4. The Hall–Kier alpha value is -3.31. The summed E-state index contributed by atoms with van der Waals surface area (Å²) in [4.78, 5) is 14.3. The van der Waals surface area contributed by atoms with Crippen LogP contribution in [0, 0.1) is 28.2 Å². The number of carbonyl (C=O) groups is 1. The fourth-order valence-corrected chi connectivity index (χ4v) is 3.77. The quantitative estimate of drug-likeness (QED) is 0.816. The lowest BCUT2D eigenvalue weighted by Crippen LogP contribution is -2.43. The van der Waals surface area contributed by atoms with Crippen molar-refractivity contribution in [3.63, 3.8) is 0 Å². The molecule has 1 amide bonds. The topological polar surface area (TPSA) is 79.9 Å². The molecule has 1 saturated heterocycles. The van der Waals surface area contributed by atoms with Crippen molar-refractivity contribution < 1.29 is 4.79 Å². The van der Waals surface area contributed by atoms with Crippen LogP contribution in [0.1, 0.15) is 17.5 Å². The lowest BCUT2D eigenvalue weighted by molar-refractivity contribution is -0.125. The molecule has 2 aromatic carbocycles. The molecule has 2 heterocycles. The maximum atomic E-state index is 12.6. The Morgan fingerprint density at radius 2 is 1.84 bits per heavy atom. The minimum Gasteiger partial charge on any atom is -0.325 e. The molecule has 2 aliphatic heterocycles. The average molecular weight is 328 g/mol. The van der Waals surface area contributed by atoms with Gasteiger partial charge in [-0.3, -0.25) is 4.79 Å². The fraction of sp³-hybridized carbons (Fsp3) is 0.250. The van der Waals surface area contributed by atoms with Gasteiger partial charge in [-0.15, -0.1) is 0 Å². The summed E-state index contributed by atoms with van der Waals surface area (Å²) in [5.74, 6) is 0.0175. The van der Waals surface area contributed by atoms with Crippen LogP contribution in [0.15, 0.2) is 42.5 Å². The first-order valence-corrected chi connectivity index (χ1v) is 8.23. The van der Waals surface area contributed by atoms with Gasteiger partial charge in [-0.1, -0.05) is 18.2 Å². The largest absolute Gasteiger partial charge is 0.325 e. The van der Waals surface area contributed by atoms with Crippen molar-refractivity contribution in [1.82, 2.24) is 4.90 Å². The predicted octanol–water partition coefficient (Wildman–Crippen LogP) is 2.89. The molecule has 1 atom stereocenters. The molecular formula is C20H16N4O. The van der Waals surface area contributed by atoms with Gasteiger partial charge in [-0.2, -0.15) is 10.5 Å². The molecule has 1 fully saturated rings. The Balaban J connectivity index is 1.68. The third-order valence-corrected chi connectivity index (χ3v) is 5.21. The van der Waals surface area contributed by atoms with E-state index in [-0.39, 0.29) is 5.91 Å². The minimum absolute atomic E-state index is 0.0175. The van der Waals surface area contributed by atoms with E-state index in [4.69, 9.17) is 10.5 Å². The zero-order valence-electron chi connectivity index (χ0n) is 13.6. The number of hydrogen-bond donors (Lipinski definition) is 1. The highest BCUT2D eigenvalue weighted by Gasteiger charge is 2.47. The van der Waals surface area contributed by atoms with Crippen LogP contribution in [-0.4, -0.2) is 23.9 Å². The number of likely N-dealkylation sites (tertiary alicyclic amines) is 1. The Morgan fingerprint density at radius 3 is 2.52 bits per heavy atom. The van der Waals surface area contributed by atoms with Crippen molar-refractivity contribution in [2.45, 2.75) is 12.8 Å². The van der Waals surface area contributed by atoms with E-state index in [1.807, 2.05) is 24.3 Å². The van der Waals surface area contributed by atoms with Crippen molar-refractivity contribution in [1.29, 1.82) is 10.5 Å². The van der Waals surface area contributed by atoms with Gasteiger partial charge in [0.25, 0.3) is 0 Å². The first-order chi connectivity index (χ1) is 12.1. The van der Waals surface area contributed by atoms with Crippen LogP contribution < -0.4 is 5.32 Å². The van der Waals surface area contributed by atoms with E-state index in [1.54, 1.807) is 17.0 Å². The minimum atomic E-state index is -0.508. The highest BCUT2D eigenvalue weighted by atomic mass is 16.2. The van der Waals surface area contributed by atoms with E-state index in [2.05, 4.69) is 23.6 Å². The molecule has 0 radical (unpaired) electrons. The third kappa shape index (κ3) is 2.51. The summed E-state index contributed by atoms with van der Waals surface area (Å²) in [6.07, 6.45) is 3.51. The Kier molecular flexibility index (Phi) is 3.44. The summed E-state index contributed by atoms with van der Waals surface area (Å²) >= 11 is 0. The molecule has 5 nitrogen and oxygen atoms in total. The number of amides is 1. The molecule has 0 bridgehead atoms. The number of carbonyl (C=O) groups excluding carboxylic acids is 1. The number of anilines is 1. The summed E-state index contributed by atoms with van der Waals surface area (Å²) in [5.41, 5.74) is 4.18. The second kappa shape index (κ2) is 5.65. The van der Waals surface area contributed by atoms with Gasteiger partial charge in [-0.25, -0.2) is 0 Å². The van der Waals surface area contributed by atoms with Gasteiger partial charge >= 0.3 is 0 Å². The number of fused-ring (bicyclic) bond motifs is 1. The molecule has 0 saturated carbocycles. The highest BCUT2D eigenvalue weighted by Crippen LogP contribution is 2.41. The van der Waals surface area contributed by atoms with Crippen LogP contribution in [-0.2, 0) is 11.2 Å². The maximum Gasteiger partial charge on any atom is 0.232 e. The smallest absolute Gasteiger partial charge is 0.232 e. The summed E-state index contributed by atoms with van der Waals surface area (Å²) in [6.45, 7) is 1.12. The summed E-state index contributed by atoms with van der Waals surface area (Å²) in [5, 5.41) is 21.1. The molecule has 25 heavy (non-hydrogen) atoms. The number of nitrogens with one attached hydrogen (secondary N) is 1. The van der Waals surface area contributed by atoms with Gasteiger partial charge < -0.3 is 10.2 Å². The van der Waals surface area contributed by atoms with Gasteiger partial charge in [0.15, 0.2) is 6.19 Å². The molecule has 0 aromatic heterocycles. The normalized spacial score (nSPS) is 21.4. The number of hydrogen-bond acceptors (Lipinski definition) is 4. The van der Waals surface area contributed by atoms with E-state index in [0.29, 0.717) is 31.5 Å². The van der Waals surface area contributed by atoms with Crippen LogP contribution in [0.4, 0.5) is 5.69 Å². The molecule has 0 aliphatic carbocycles. The lowest BCUT2D eigenvalue weighted by atomic mass is 9.76. The molecule has 2 aromatic rings. The number of benzene rings is 2. The zero-order valence-corrected chi connectivity index (χ0v) is 13.6. The first kappa shape index (κ1) is 15.2. The van der Waals surface area contributed by atoms with Crippen LogP contribution in [0.25, 0.3) is 11.1 Å². The lowest BCUT2D eigenvalue weighted by Gasteiger charge is -2.33. The van der Waals surface area contributed by atoms with Gasteiger partial charge in [-0.05, 0) is 53.8 Å². The first-order valence-electron chi connectivity index (χ1n) is 8.23. The standard InChI is InChI=1S/C20H16N4O/c21-11-14-1-3-15(4-2-14)16-5-6-18-17(9-16)10-20(19(25)23-18)7-8-24(12-20)13-22/h1-6,9H,7-8,10,12H2,(H,23,25). The molecule has 5 heteroatoms. The molecule has 1 spiro atoms. The van der Waals surface area contributed by atoms with E-state index < -0.39 is 5.41 Å². The van der Waals surface area contributed by atoms with Crippen molar-refractivity contribution >= 4 is 11.6 Å². The SMILES string of the molecule is N#Cc1ccc(-c2ccc3c(c2)CC2(CCN(C#N)C2)C(=O)N3)cc1. The van der Waals surface area contributed by atoms with Gasteiger partial charge in [0, 0.05) is 18.8 Å². The number of nitriles is 2. The van der Waals surface area contributed by atoms with Crippen molar-refractivity contribution in [2.75, 3.05) is 18.4 Å². The van der Waals surface area contributed by atoms with Gasteiger partial charge in [0.2, 0.25) is 5.91 Å². The third-order valence-electron chi connectivity index (χ3n) is 5.21. The van der Waals surface area contributed by atoms with Crippen molar-refractivity contribution in [3.8, 4) is 23.4 Å². The molecule has 4 rings (SSSR count). The van der Waals surface area contributed by atoms with E-state index >= 15 is 0 Å². The monoisotopic (exact) mass is 328 g/mol. The van der Waals surface area contributed by atoms with Crippen LogP contribution in [0.3, 0.4) is 0 Å². The molecular weight excluding hydrogens is 312 g/mol. The highest BCUT2D eigenvalue weighted by molar-refractivity contribution is 5.99. The van der Waals surface area contributed by atoms with Gasteiger partial charge in [0.1, 0.15) is 0 Å². The second-order valence-corrected chi connectivity index (χ2v) is 6.74. The molecule has 1 unspecified atom stereocenters. The molecule has 2 aliphatic rings. The predicted molar refractivity (Wildman–Crippen MR) is 93.2 cm³/mol. The summed E-state index contributed by atoms with van der Waals surface area (Å²) in [7, 11) is 0. The van der Waals surface area contributed by atoms with Crippen molar-refractivity contribution in [3.05, 3.63) is 53.6 Å². The molecule has 1 N–H and O–H groups in total. The van der Waals surface area contributed by atoms with Crippen LogP contribution in [0.5, 0.6) is 0 Å². The maximum absolute atomic E-state index is 12.6. The van der Waals surface area contributed by atoms with E-state index in [0.717, 1.165) is 22.4 Å². The van der Waals surface area contributed by atoms with Crippen molar-refractivity contribution in [2.24, 2.45) is 5.41 Å². The summed E-state index contributed by atoms with van der Waals surface area (Å²) in [6, 6.07) is 15.6. The Bertz CT molecular complexity index is 936. The van der Waals surface area contributed by atoms with E-state index in [9.17, 15) is 4.79 Å². The van der Waals surface area contributed by atoms with Crippen LogP contribution in [0.2, 0.25) is 0 Å². The molecule has 122 valence electrons. The second-order valence-electron chi connectivity index (χ2n) is 6.74. The number of rotatable bonds is 1. The van der Waals surface area contributed by atoms with Crippen LogP contribution >= 0.6 is 0 Å². The summed E-state index contributed by atoms with van der Waals surface area (Å²) < 4.78 is 0. The number of nitrogens with zero attached hydrogens (tertiary/aromatic N) is 3. The average Bonchev–Trinajstić information content (AvgIpc) is 3.07. The Morgan fingerprint density at radius 1 is 1.08 bits per heavy atom. The van der Waals surface area contributed by atoms with E-state index in [1.165, 1.54) is 0 Å².